The number of hydrogen-bond donors (Lipinski definition) is 1. The average molecular weight is 359 g/mol. The Bertz CT molecular complexity index is 751. The highest BCUT2D eigenvalue weighted by atomic mass is 32.2. The van der Waals surface area contributed by atoms with Gasteiger partial charge in [0.15, 0.2) is 5.16 Å². The van der Waals surface area contributed by atoms with Gasteiger partial charge in [-0.3, -0.25) is 4.79 Å². The van der Waals surface area contributed by atoms with E-state index in [1.165, 1.54) is 43.1 Å². The van der Waals surface area contributed by atoms with Gasteiger partial charge in [-0.15, -0.1) is 0 Å². The highest BCUT2D eigenvalue weighted by Crippen LogP contribution is 2.35. The van der Waals surface area contributed by atoms with E-state index in [9.17, 15) is 4.79 Å². The van der Waals surface area contributed by atoms with Crippen molar-refractivity contribution in [2.75, 3.05) is 18.2 Å². The number of nitrogens with zero attached hydrogens (tertiary/aromatic N) is 2. The van der Waals surface area contributed by atoms with E-state index in [0.717, 1.165) is 22.3 Å². The van der Waals surface area contributed by atoms with E-state index < -0.39 is 0 Å². The summed E-state index contributed by atoms with van der Waals surface area (Å²) in [6.45, 7) is 4.17. The Balaban J connectivity index is 1.65. The van der Waals surface area contributed by atoms with Gasteiger partial charge >= 0.3 is 0 Å². The highest BCUT2D eigenvalue weighted by Gasteiger charge is 2.23. The number of hydrogen-bond acceptors (Lipinski definition) is 4. The largest absolute Gasteiger partial charge is 0.497 e. The molecule has 134 valence electrons. The van der Waals surface area contributed by atoms with Crippen molar-refractivity contribution < 1.29 is 9.53 Å². The lowest BCUT2D eigenvalue weighted by atomic mass is 10.2. The molecule has 1 aliphatic rings. The first-order valence-corrected chi connectivity index (χ1v) is 9.69. The molecule has 1 aliphatic carbocycles. The molecule has 6 heteroatoms. The van der Waals surface area contributed by atoms with Crippen molar-refractivity contribution in [2.45, 2.75) is 50.7 Å². The summed E-state index contributed by atoms with van der Waals surface area (Å²) in [6.07, 6.45) is 4.98. The van der Waals surface area contributed by atoms with Crippen LogP contribution in [-0.2, 0) is 4.79 Å². The summed E-state index contributed by atoms with van der Waals surface area (Å²) >= 11 is 1.51. The molecule has 0 atom stereocenters. The van der Waals surface area contributed by atoms with Crippen LogP contribution in [0.1, 0.15) is 43.1 Å². The summed E-state index contributed by atoms with van der Waals surface area (Å²) in [5.74, 6) is 1.04. The standard InChI is InChI=1S/C19H25N3O2S/c1-13-14(2)22(16-8-4-5-9-16)19(20-13)25-12-18(23)21-15-7-6-10-17(11-15)24-3/h6-7,10-11,16H,4-5,8-9,12H2,1-3H3,(H,21,23). The van der Waals surface area contributed by atoms with E-state index in [1.807, 2.05) is 31.2 Å². The number of methoxy groups -OCH3 is 1. The van der Waals surface area contributed by atoms with Crippen molar-refractivity contribution in [3.8, 4) is 5.75 Å². The summed E-state index contributed by atoms with van der Waals surface area (Å²) in [7, 11) is 1.62. The lowest BCUT2D eigenvalue weighted by Crippen LogP contribution is -2.15. The number of thioether (sulfide) groups is 1. The highest BCUT2D eigenvalue weighted by molar-refractivity contribution is 7.99. The SMILES string of the molecule is COc1cccc(NC(=O)CSc2nc(C)c(C)n2C2CCCC2)c1. The molecular weight excluding hydrogens is 334 g/mol. The van der Waals surface area contributed by atoms with Crippen molar-refractivity contribution in [2.24, 2.45) is 0 Å². The quantitative estimate of drug-likeness (QED) is 0.779. The molecule has 3 rings (SSSR count). The van der Waals surface area contributed by atoms with Crippen molar-refractivity contribution in [1.82, 2.24) is 9.55 Å². The molecule has 1 amide bonds. The number of rotatable bonds is 6. The van der Waals surface area contributed by atoms with Gasteiger partial charge in [-0.05, 0) is 38.8 Å². The van der Waals surface area contributed by atoms with E-state index in [-0.39, 0.29) is 5.91 Å². The average Bonchev–Trinajstić information content (AvgIpc) is 3.22. The van der Waals surface area contributed by atoms with Gasteiger partial charge in [-0.1, -0.05) is 30.7 Å². The second-order valence-electron chi connectivity index (χ2n) is 6.44. The zero-order valence-electron chi connectivity index (χ0n) is 15.0. The van der Waals surface area contributed by atoms with Crippen LogP contribution >= 0.6 is 11.8 Å². The maximum Gasteiger partial charge on any atom is 0.234 e. The minimum Gasteiger partial charge on any atom is -0.497 e. The molecule has 1 aromatic carbocycles. The van der Waals surface area contributed by atoms with Crippen LogP contribution in [0.5, 0.6) is 5.75 Å². The van der Waals surface area contributed by atoms with Crippen LogP contribution in [0.2, 0.25) is 0 Å². The van der Waals surface area contributed by atoms with Crippen LogP contribution in [0, 0.1) is 13.8 Å². The molecule has 0 saturated heterocycles. The minimum absolute atomic E-state index is 0.0328. The Kier molecular flexibility index (Phi) is 5.68. The van der Waals surface area contributed by atoms with Crippen LogP contribution in [0.4, 0.5) is 5.69 Å². The third-order valence-electron chi connectivity index (χ3n) is 4.73. The second-order valence-corrected chi connectivity index (χ2v) is 7.38. The number of amides is 1. The van der Waals surface area contributed by atoms with Crippen LogP contribution in [0.15, 0.2) is 29.4 Å². The molecule has 1 aromatic heterocycles. The Morgan fingerprint density at radius 3 is 2.84 bits per heavy atom. The number of anilines is 1. The number of aromatic nitrogens is 2. The van der Waals surface area contributed by atoms with E-state index >= 15 is 0 Å². The van der Waals surface area contributed by atoms with E-state index in [0.29, 0.717) is 11.8 Å². The minimum atomic E-state index is -0.0328. The van der Waals surface area contributed by atoms with Crippen LogP contribution < -0.4 is 10.1 Å². The Labute approximate surface area is 153 Å². The molecular formula is C19H25N3O2S. The molecule has 25 heavy (non-hydrogen) atoms. The summed E-state index contributed by atoms with van der Waals surface area (Å²) in [4.78, 5) is 17.0. The fourth-order valence-electron chi connectivity index (χ4n) is 3.32. The molecule has 0 radical (unpaired) electrons. The Morgan fingerprint density at radius 2 is 2.12 bits per heavy atom. The van der Waals surface area contributed by atoms with Crippen molar-refractivity contribution in [3.05, 3.63) is 35.7 Å². The van der Waals surface area contributed by atoms with Gasteiger partial charge < -0.3 is 14.6 Å². The van der Waals surface area contributed by atoms with Crippen LogP contribution in [0.3, 0.4) is 0 Å². The molecule has 5 nitrogen and oxygen atoms in total. The molecule has 0 spiro atoms. The molecule has 0 unspecified atom stereocenters. The predicted molar refractivity (Wildman–Crippen MR) is 102 cm³/mol. The van der Waals surface area contributed by atoms with Gasteiger partial charge in [-0.2, -0.15) is 0 Å². The number of imidazole rings is 1. The van der Waals surface area contributed by atoms with Gasteiger partial charge in [0.25, 0.3) is 0 Å². The lowest BCUT2D eigenvalue weighted by Gasteiger charge is -2.16. The van der Waals surface area contributed by atoms with E-state index in [2.05, 4.69) is 21.8 Å². The number of carbonyl (C=O) groups excluding carboxylic acids is 1. The molecule has 1 saturated carbocycles. The summed E-state index contributed by atoms with van der Waals surface area (Å²) in [6, 6.07) is 7.93. The smallest absolute Gasteiger partial charge is 0.234 e. The van der Waals surface area contributed by atoms with Gasteiger partial charge in [0, 0.05) is 23.5 Å². The molecule has 1 heterocycles. The second kappa shape index (κ2) is 7.95. The third kappa shape index (κ3) is 4.18. The number of ether oxygens (including phenoxy) is 1. The monoisotopic (exact) mass is 359 g/mol. The normalized spacial score (nSPS) is 14.7. The maximum absolute atomic E-state index is 12.3. The first-order valence-electron chi connectivity index (χ1n) is 8.70. The number of benzene rings is 1. The van der Waals surface area contributed by atoms with Gasteiger partial charge in [0.1, 0.15) is 5.75 Å². The fraction of sp³-hybridized carbons (Fsp3) is 0.474. The summed E-state index contributed by atoms with van der Waals surface area (Å²) in [5.41, 5.74) is 3.03. The molecule has 0 bridgehead atoms. The predicted octanol–water partition coefficient (Wildman–Crippen LogP) is 4.35. The summed E-state index contributed by atoms with van der Waals surface area (Å²) < 4.78 is 7.52. The number of carbonyl (C=O) groups is 1. The van der Waals surface area contributed by atoms with Crippen molar-refractivity contribution in [1.29, 1.82) is 0 Å². The Morgan fingerprint density at radius 1 is 1.36 bits per heavy atom. The third-order valence-corrected chi connectivity index (χ3v) is 5.68. The van der Waals surface area contributed by atoms with Gasteiger partial charge in [0.2, 0.25) is 5.91 Å². The maximum atomic E-state index is 12.3. The zero-order chi connectivity index (χ0) is 17.8. The fourth-order valence-corrected chi connectivity index (χ4v) is 4.28. The molecule has 2 aromatic rings. The van der Waals surface area contributed by atoms with E-state index in [1.54, 1.807) is 7.11 Å². The number of nitrogens with one attached hydrogen (secondary N) is 1. The van der Waals surface area contributed by atoms with Crippen molar-refractivity contribution >= 4 is 23.4 Å². The number of aryl methyl sites for hydroxylation is 1. The first kappa shape index (κ1) is 17.9. The van der Waals surface area contributed by atoms with Gasteiger partial charge in [0.05, 0.1) is 18.6 Å². The summed E-state index contributed by atoms with van der Waals surface area (Å²) in [5, 5.41) is 3.88. The molecule has 0 aliphatic heterocycles. The van der Waals surface area contributed by atoms with Crippen molar-refractivity contribution in [3.63, 3.8) is 0 Å². The first-order chi connectivity index (χ1) is 12.1. The topological polar surface area (TPSA) is 56.1 Å². The molecule has 1 N–H and O–H groups in total. The lowest BCUT2D eigenvalue weighted by molar-refractivity contribution is -0.113. The Hall–Kier alpha value is -1.95. The van der Waals surface area contributed by atoms with E-state index in [4.69, 9.17) is 4.74 Å². The molecule has 1 fully saturated rings. The van der Waals surface area contributed by atoms with Crippen LogP contribution in [-0.4, -0.2) is 28.3 Å². The van der Waals surface area contributed by atoms with Gasteiger partial charge in [-0.25, -0.2) is 4.98 Å². The van der Waals surface area contributed by atoms with Crippen LogP contribution in [0.25, 0.3) is 0 Å². The zero-order valence-corrected chi connectivity index (χ0v) is 15.9.